The van der Waals surface area contributed by atoms with E-state index in [1.54, 1.807) is 0 Å². The highest BCUT2D eigenvalue weighted by Gasteiger charge is 2.24. The third kappa shape index (κ3) is 1.75. The number of halogens is 1. The Kier molecular flexibility index (Phi) is 3.05. The minimum Gasteiger partial charge on any atom is -0.454 e. The first-order chi connectivity index (χ1) is 9.24. The predicted octanol–water partition coefficient (Wildman–Crippen LogP) is 3.21. The molecular formula is C15H14ClNO3. The molecule has 0 fully saturated rings. The molecule has 4 nitrogen and oxygen atoms in total. The van der Waals surface area contributed by atoms with Crippen LogP contribution >= 0.6 is 12.4 Å². The van der Waals surface area contributed by atoms with Crippen molar-refractivity contribution in [1.29, 1.82) is 0 Å². The van der Waals surface area contributed by atoms with Gasteiger partial charge in [-0.3, -0.25) is 9.78 Å². The van der Waals surface area contributed by atoms with Gasteiger partial charge in [-0.25, -0.2) is 0 Å². The number of aromatic nitrogens is 1. The summed E-state index contributed by atoms with van der Waals surface area (Å²) in [5.74, 6) is 1.69. The quantitative estimate of drug-likeness (QED) is 0.748. The molecule has 4 rings (SSSR count). The third-order valence-electron chi connectivity index (χ3n) is 3.91. The normalized spacial score (nSPS) is 15.9. The molecule has 0 N–H and O–H groups in total. The van der Waals surface area contributed by atoms with Gasteiger partial charge in [0.05, 0.1) is 11.2 Å². The second-order valence-electron chi connectivity index (χ2n) is 5.06. The Morgan fingerprint density at radius 2 is 1.90 bits per heavy atom. The van der Waals surface area contributed by atoms with E-state index in [1.807, 2.05) is 19.1 Å². The predicted molar refractivity (Wildman–Crippen MR) is 77.1 cm³/mol. The van der Waals surface area contributed by atoms with Gasteiger partial charge >= 0.3 is 0 Å². The molecule has 104 valence electrons. The maximum atomic E-state index is 12.1. The molecule has 0 radical (unpaired) electrons. The van der Waals surface area contributed by atoms with Crippen molar-refractivity contribution in [3.63, 3.8) is 0 Å². The Bertz CT molecular complexity index is 727. The molecule has 2 heterocycles. The summed E-state index contributed by atoms with van der Waals surface area (Å²) in [4.78, 5) is 16.7. The lowest BCUT2D eigenvalue weighted by Crippen LogP contribution is -2.14. The van der Waals surface area contributed by atoms with Gasteiger partial charge in [-0.1, -0.05) is 0 Å². The summed E-state index contributed by atoms with van der Waals surface area (Å²) < 4.78 is 10.8. The van der Waals surface area contributed by atoms with Gasteiger partial charge in [-0.05, 0) is 31.4 Å². The molecule has 1 aliphatic heterocycles. The first kappa shape index (κ1) is 13.2. The molecule has 2 aromatic rings. The van der Waals surface area contributed by atoms with Crippen LogP contribution in [-0.2, 0) is 6.42 Å². The molecule has 0 saturated carbocycles. The number of hydrogen-bond donors (Lipinski definition) is 0. The number of ether oxygens (including phenoxy) is 2. The first-order valence-corrected chi connectivity index (χ1v) is 6.50. The Morgan fingerprint density at radius 1 is 1.15 bits per heavy atom. The minimum atomic E-state index is 0. The Balaban J connectivity index is 0.00000121. The lowest BCUT2D eigenvalue weighted by Gasteiger charge is -2.18. The molecule has 0 unspecified atom stereocenters. The minimum absolute atomic E-state index is 0. The monoisotopic (exact) mass is 291 g/mol. The number of nitrogens with zero attached hydrogens (tertiary/aromatic N) is 1. The highest BCUT2D eigenvalue weighted by atomic mass is 35.5. The van der Waals surface area contributed by atoms with Crippen molar-refractivity contribution in [2.75, 3.05) is 6.79 Å². The first-order valence-electron chi connectivity index (χ1n) is 6.50. The van der Waals surface area contributed by atoms with Crippen LogP contribution in [0.15, 0.2) is 12.1 Å². The van der Waals surface area contributed by atoms with Crippen LogP contribution in [0, 0.1) is 6.92 Å². The Morgan fingerprint density at radius 3 is 2.70 bits per heavy atom. The van der Waals surface area contributed by atoms with E-state index >= 15 is 0 Å². The van der Waals surface area contributed by atoms with Crippen molar-refractivity contribution in [1.82, 2.24) is 4.98 Å². The summed E-state index contributed by atoms with van der Waals surface area (Å²) >= 11 is 0. The molecule has 1 aromatic carbocycles. The number of Topliss-reactive ketones (excluding diaryl/α,β-unsaturated/α-hetero) is 1. The van der Waals surface area contributed by atoms with Crippen LogP contribution in [0.5, 0.6) is 11.5 Å². The van der Waals surface area contributed by atoms with Crippen LogP contribution in [0.3, 0.4) is 0 Å². The number of fused-ring (bicyclic) bond motifs is 3. The zero-order valence-corrected chi connectivity index (χ0v) is 11.9. The molecule has 1 aliphatic carbocycles. The summed E-state index contributed by atoms with van der Waals surface area (Å²) in [5.41, 5.74) is 3.65. The molecule has 0 atom stereocenters. The number of aryl methyl sites for hydroxylation is 2. The average molecular weight is 292 g/mol. The number of rotatable bonds is 0. The van der Waals surface area contributed by atoms with Gasteiger partial charge in [0.1, 0.15) is 0 Å². The lowest BCUT2D eigenvalue weighted by atomic mass is 9.89. The van der Waals surface area contributed by atoms with E-state index in [0.717, 1.165) is 52.1 Å². The highest BCUT2D eigenvalue weighted by molar-refractivity contribution is 6.03. The summed E-state index contributed by atoms with van der Waals surface area (Å²) in [7, 11) is 0. The number of pyridine rings is 1. The van der Waals surface area contributed by atoms with E-state index in [9.17, 15) is 4.79 Å². The fourth-order valence-corrected chi connectivity index (χ4v) is 2.97. The van der Waals surface area contributed by atoms with Crippen LogP contribution in [0.25, 0.3) is 10.9 Å². The van der Waals surface area contributed by atoms with Crippen LogP contribution in [-0.4, -0.2) is 17.6 Å². The lowest BCUT2D eigenvalue weighted by molar-refractivity contribution is 0.0971. The van der Waals surface area contributed by atoms with Gasteiger partial charge in [0.15, 0.2) is 17.3 Å². The van der Waals surface area contributed by atoms with Crippen molar-refractivity contribution in [3.8, 4) is 11.5 Å². The van der Waals surface area contributed by atoms with E-state index in [4.69, 9.17) is 9.47 Å². The van der Waals surface area contributed by atoms with Gasteiger partial charge in [0.2, 0.25) is 6.79 Å². The van der Waals surface area contributed by atoms with Crippen molar-refractivity contribution < 1.29 is 14.3 Å². The number of ketones is 1. The van der Waals surface area contributed by atoms with Crippen molar-refractivity contribution >= 4 is 29.1 Å². The Labute approximate surface area is 122 Å². The fourth-order valence-electron chi connectivity index (χ4n) is 2.97. The van der Waals surface area contributed by atoms with Gasteiger partial charge in [0.25, 0.3) is 0 Å². The third-order valence-corrected chi connectivity index (χ3v) is 3.91. The van der Waals surface area contributed by atoms with Gasteiger partial charge in [0, 0.05) is 23.4 Å². The molecule has 0 bridgehead atoms. The number of hydrogen-bond acceptors (Lipinski definition) is 4. The topological polar surface area (TPSA) is 48.4 Å². The molecular weight excluding hydrogens is 278 g/mol. The maximum absolute atomic E-state index is 12.1. The maximum Gasteiger partial charge on any atom is 0.231 e. The van der Waals surface area contributed by atoms with E-state index in [1.165, 1.54) is 0 Å². The van der Waals surface area contributed by atoms with E-state index in [0.29, 0.717) is 6.42 Å². The van der Waals surface area contributed by atoms with Crippen LogP contribution < -0.4 is 9.47 Å². The largest absolute Gasteiger partial charge is 0.454 e. The average Bonchev–Trinajstić information content (AvgIpc) is 2.84. The molecule has 2 aliphatic rings. The smallest absolute Gasteiger partial charge is 0.231 e. The summed E-state index contributed by atoms with van der Waals surface area (Å²) in [5, 5.41) is 0.984. The highest BCUT2D eigenvalue weighted by Crippen LogP contribution is 2.38. The van der Waals surface area contributed by atoms with E-state index in [-0.39, 0.29) is 25.0 Å². The molecule has 0 spiro atoms. The number of benzene rings is 1. The van der Waals surface area contributed by atoms with Crippen LogP contribution in [0.1, 0.15) is 34.5 Å². The van der Waals surface area contributed by atoms with E-state index < -0.39 is 0 Å². The van der Waals surface area contributed by atoms with Crippen LogP contribution in [0.4, 0.5) is 0 Å². The van der Waals surface area contributed by atoms with Crippen LogP contribution in [0.2, 0.25) is 0 Å². The SMILES string of the molecule is Cc1c2c(nc3cc4c(cc13)OCO4)CCCC2=O.Cl. The zero-order chi connectivity index (χ0) is 13.0. The zero-order valence-electron chi connectivity index (χ0n) is 11.1. The molecule has 0 saturated heterocycles. The standard InChI is InChI=1S/C15H13NO3.ClH/c1-8-9-5-13-14(19-7-18-13)6-11(9)16-10-3-2-4-12(17)15(8)10;/h5-6H,2-4,7H2,1H3;1H. The Hall–Kier alpha value is -1.81. The molecule has 0 amide bonds. The summed E-state index contributed by atoms with van der Waals surface area (Å²) in [6.45, 7) is 2.25. The second-order valence-corrected chi connectivity index (χ2v) is 5.06. The van der Waals surface area contributed by atoms with Crippen molar-refractivity contribution in [2.24, 2.45) is 0 Å². The summed E-state index contributed by atoms with van der Waals surface area (Å²) in [6, 6.07) is 3.84. The molecule has 1 aromatic heterocycles. The van der Waals surface area contributed by atoms with Gasteiger partial charge < -0.3 is 9.47 Å². The second kappa shape index (κ2) is 4.63. The molecule has 5 heteroatoms. The van der Waals surface area contributed by atoms with Gasteiger partial charge in [-0.2, -0.15) is 0 Å². The number of carbonyl (C=O) groups excluding carboxylic acids is 1. The summed E-state index contributed by atoms with van der Waals surface area (Å²) in [6.07, 6.45) is 2.41. The van der Waals surface area contributed by atoms with E-state index in [2.05, 4.69) is 4.98 Å². The van der Waals surface area contributed by atoms with Crippen molar-refractivity contribution in [3.05, 3.63) is 29.0 Å². The number of carbonyl (C=O) groups is 1. The van der Waals surface area contributed by atoms with Gasteiger partial charge in [-0.15, -0.1) is 12.4 Å². The van der Waals surface area contributed by atoms with Crippen molar-refractivity contribution in [2.45, 2.75) is 26.2 Å². The molecule has 20 heavy (non-hydrogen) atoms. The fraction of sp³-hybridized carbons (Fsp3) is 0.333.